The highest BCUT2D eigenvalue weighted by Crippen LogP contribution is 2.25. The first-order valence-electron chi connectivity index (χ1n) is 6.78. The van der Waals surface area contributed by atoms with Crippen LogP contribution in [-0.4, -0.2) is 10.8 Å². The van der Waals surface area contributed by atoms with Gasteiger partial charge in [0.1, 0.15) is 6.61 Å². The number of rotatable bonds is 6. The zero-order chi connectivity index (χ0) is 15.1. The van der Waals surface area contributed by atoms with Crippen molar-refractivity contribution in [2.75, 3.05) is 0 Å². The minimum atomic E-state index is -0.678. The fraction of sp³-hybridized carbons (Fsp3) is 0.235. The Morgan fingerprint density at radius 1 is 1.14 bits per heavy atom. The minimum absolute atomic E-state index is 0.387. The average Bonchev–Trinajstić information content (AvgIpc) is 2.48. The van der Waals surface area contributed by atoms with Crippen molar-refractivity contribution in [1.29, 1.82) is 0 Å². The number of halogens is 1. The maximum atomic E-state index is 10.2. The molecule has 0 radical (unpaired) electrons. The standard InChI is InChI=1S/C17H18ClNO2/c1-13(19-21-12-14-7-3-2-4-8-14)11-17(20)15-9-5-6-10-16(15)18/h2-10,17,20H,11-12H2,1H3/b19-13+. The quantitative estimate of drug-likeness (QED) is 0.636. The molecule has 0 fully saturated rings. The van der Waals surface area contributed by atoms with E-state index < -0.39 is 6.10 Å². The lowest BCUT2D eigenvalue weighted by atomic mass is 10.0. The summed E-state index contributed by atoms with van der Waals surface area (Å²) in [5, 5.41) is 14.8. The van der Waals surface area contributed by atoms with Gasteiger partial charge in [0.15, 0.2) is 0 Å². The van der Waals surface area contributed by atoms with Crippen molar-refractivity contribution < 1.29 is 9.94 Å². The van der Waals surface area contributed by atoms with E-state index in [9.17, 15) is 5.11 Å². The number of benzene rings is 2. The predicted molar refractivity (Wildman–Crippen MR) is 85.4 cm³/mol. The van der Waals surface area contributed by atoms with Gasteiger partial charge in [-0.25, -0.2) is 0 Å². The molecule has 2 aromatic carbocycles. The molecule has 0 aliphatic heterocycles. The number of hydrogen-bond donors (Lipinski definition) is 1. The Bertz CT molecular complexity index is 599. The summed E-state index contributed by atoms with van der Waals surface area (Å²) in [6.45, 7) is 2.24. The number of nitrogens with zero attached hydrogens (tertiary/aromatic N) is 1. The third-order valence-electron chi connectivity index (χ3n) is 3.05. The lowest BCUT2D eigenvalue weighted by Crippen LogP contribution is -2.05. The van der Waals surface area contributed by atoms with Crippen LogP contribution in [0.4, 0.5) is 0 Å². The van der Waals surface area contributed by atoms with Crippen LogP contribution in [0.1, 0.15) is 30.6 Å². The summed E-state index contributed by atoms with van der Waals surface area (Å²) in [5.74, 6) is 0. The van der Waals surface area contributed by atoms with Crippen molar-refractivity contribution in [3.05, 3.63) is 70.7 Å². The van der Waals surface area contributed by atoms with E-state index >= 15 is 0 Å². The predicted octanol–water partition coefficient (Wildman–Crippen LogP) is 4.36. The smallest absolute Gasteiger partial charge is 0.142 e. The van der Waals surface area contributed by atoms with Crippen LogP contribution >= 0.6 is 11.6 Å². The molecule has 2 aromatic rings. The molecule has 4 heteroatoms. The van der Waals surface area contributed by atoms with E-state index in [1.54, 1.807) is 6.07 Å². The van der Waals surface area contributed by atoms with Crippen LogP contribution in [0, 0.1) is 0 Å². The number of aliphatic hydroxyl groups is 1. The van der Waals surface area contributed by atoms with Gasteiger partial charge in [-0.15, -0.1) is 0 Å². The summed E-state index contributed by atoms with van der Waals surface area (Å²) in [4.78, 5) is 5.29. The topological polar surface area (TPSA) is 41.8 Å². The van der Waals surface area contributed by atoms with Crippen LogP contribution in [0.3, 0.4) is 0 Å². The van der Waals surface area contributed by atoms with Gasteiger partial charge in [-0.05, 0) is 24.1 Å². The minimum Gasteiger partial charge on any atom is -0.391 e. The van der Waals surface area contributed by atoms with Crippen molar-refractivity contribution in [3.8, 4) is 0 Å². The molecule has 1 atom stereocenters. The van der Waals surface area contributed by atoms with Crippen LogP contribution in [0.25, 0.3) is 0 Å². The monoisotopic (exact) mass is 303 g/mol. The third kappa shape index (κ3) is 4.88. The van der Waals surface area contributed by atoms with Crippen molar-refractivity contribution in [1.82, 2.24) is 0 Å². The van der Waals surface area contributed by atoms with E-state index in [0.717, 1.165) is 11.3 Å². The molecule has 21 heavy (non-hydrogen) atoms. The second-order valence-electron chi connectivity index (χ2n) is 4.83. The van der Waals surface area contributed by atoms with E-state index in [1.165, 1.54) is 0 Å². The average molecular weight is 304 g/mol. The first-order valence-corrected chi connectivity index (χ1v) is 7.16. The van der Waals surface area contributed by atoms with E-state index in [1.807, 2.05) is 55.5 Å². The largest absolute Gasteiger partial charge is 0.391 e. The zero-order valence-corrected chi connectivity index (χ0v) is 12.6. The Kier molecular flexibility index (Phi) is 5.78. The molecule has 110 valence electrons. The summed E-state index contributed by atoms with van der Waals surface area (Å²) in [5.41, 5.74) is 2.48. The molecule has 0 bridgehead atoms. The molecule has 2 rings (SSSR count). The molecule has 0 saturated carbocycles. The molecule has 0 amide bonds. The molecular formula is C17H18ClNO2. The Morgan fingerprint density at radius 2 is 1.81 bits per heavy atom. The number of oxime groups is 1. The third-order valence-corrected chi connectivity index (χ3v) is 3.39. The van der Waals surface area contributed by atoms with E-state index in [2.05, 4.69) is 5.16 Å². The Morgan fingerprint density at radius 3 is 2.52 bits per heavy atom. The van der Waals surface area contributed by atoms with Gasteiger partial charge in [-0.3, -0.25) is 0 Å². The normalized spacial score (nSPS) is 13.0. The molecule has 3 nitrogen and oxygen atoms in total. The number of hydrogen-bond acceptors (Lipinski definition) is 3. The highest BCUT2D eigenvalue weighted by molar-refractivity contribution is 6.31. The molecule has 0 heterocycles. The highest BCUT2D eigenvalue weighted by atomic mass is 35.5. The van der Waals surface area contributed by atoms with Crippen molar-refractivity contribution in [3.63, 3.8) is 0 Å². The van der Waals surface area contributed by atoms with E-state index in [4.69, 9.17) is 16.4 Å². The zero-order valence-electron chi connectivity index (χ0n) is 11.9. The summed E-state index contributed by atoms with van der Waals surface area (Å²) in [6.07, 6.45) is -0.291. The van der Waals surface area contributed by atoms with Crippen molar-refractivity contribution in [2.45, 2.75) is 26.1 Å². The van der Waals surface area contributed by atoms with Gasteiger partial charge in [-0.2, -0.15) is 0 Å². The van der Waals surface area contributed by atoms with Crippen LogP contribution in [-0.2, 0) is 11.4 Å². The highest BCUT2D eigenvalue weighted by Gasteiger charge is 2.12. The molecule has 0 aliphatic rings. The van der Waals surface area contributed by atoms with Crippen molar-refractivity contribution >= 4 is 17.3 Å². The molecule has 0 saturated heterocycles. The van der Waals surface area contributed by atoms with Crippen molar-refractivity contribution in [2.24, 2.45) is 5.16 Å². The van der Waals surface area contributed by atoms with Gasteiger partial charge < -0.3 is 9.94 Å². The Labute approximate surface area is 129 Å². The Balaban J connectivity index is 1.87. The fourth-order valence-electron chi connectivity index (χ4n) is 1.96. The molecule has 0 aromatic heterocycles. The molecule has 1 unspecified atom stereocenters. The Hall–Kier alpha value is -1.84. The SMILES string of the molecule is C/C(CC(O)c1ccccc1Cl)=N\OCc1ccccc1. The second kappa shape index (κ2) is 7.81. The molecular weight excluding hydrogens is 286 g/mol. The fourth-order valence-corrected chi connectivity index (χ4v) is 2.23. The van der Waals surface area contributed by atoms with Gasteiger partial charge in [0.25, 0.3) is 0 Å². The van der Waals surface area contributed by atoms with Crippen LogP contribution in [0.2, 0.25) is 5.02 Å². The maximum absolute atomic E-state index is 10.2. The van der Waals surface area contributed by atoms with E-state index in [0.29, 0.717) is 23.6 Å². The number of aliphatic hydroxyl groups excluding tert-OH is 1. The van der Waals surface area contributed by atoms with Gasteiger partial charge in [0, 0.05) is 11.4 Å². The van der Waals surface area contributed by atoms with E-state index in [-0.39, 0.29) is 0 Å². The van der Waals surface area contributed by atoms with Crippen LogP contribution < -0.4 is 0 Å². The van der Waals surface area contributed by atoms with Gasteiger partial charge >= 0.3 is 0 Å². The van der Waals surface area contributed by atoms with Crippen LogP contribution in [0.15, 0.2) is 59.8 Å². The summed E-state index contributed by atoms with van der Waals surface area (Å²) in [6, 6.07) is 17.1. The molecule has 1 N–H and O–H groups in total. The van der Waals surface area contributed by atoms with Gasteiger partial charge in [0.05, 0.1) is 11.8 Å². The first-order chi connectivity index (χ1) is 10.2. The molecule has 0 spiro atoms. The molecule has 0 aliphatic carbocycles. The lowest BCUT2D eigenvalue weighted by molar-refractivity contribution is 0.126. The second-order valence-corrected chi connectivity index (χ2v) is 5.23. The summed E-state index contributed by atoms with van der Waals surface area (Å²) >= 11 is 6.06. The summed E-state index contributed by atoms with van der Waals surface area (Å²) < 4.78 is 0. The van der Waals surface area contributed by atoms with Gasteiger partial charge in [0.2, 0.25) is 0 Å². The lowest BCUT2D eigenvalue weighted by Gasteiger charge is -2.12. The van der Waals surface area contributed by atoms with Crippen LogP contribution in [0.5, 0.6) is 0 Å². The first kappa shape index (κ1) is 15.5. The maximum Gasteiger partial charge on any atom is 0.142 e. The summed E-state index contributed by atoms with van der Waals surface area (Å²) in [7, 11) is 0. The van der Waals surface area contributed by atoms with Gasteiger partial charge in [-0.1, -0.05) is 65.3 Å².